The van der Waals surface area contributed by atoms with Gasteiger partial charge in [0, 0.05) is 30.7 Å². The van der Waals surface area contributed by atoms with E-state index >= 15 is 0 Å². The molecule has 6 heteroatoms. The second kappa shape index (κ2) is 5.06. The average molecular weight is 265 g/mol. The van der Waals surface area contributed by atoms with Crippen LogP contribution in [0.3, 0.4) is 0 Å². The Kier molecular flexibility index (Phi) is 3.65. The molecule has 0 unspecified atom stereocenters. The summed E-state index contributed by atoms with van der Waals surface area (Å²) in [5.74, 6) is 1.62. The van der Waals surface area contributed by atoms with E-state index in [-0.39, 0.29) is 0 Å². The number of rotatable bonds is 4. The minimum absolute atomic E-state index is 0.357. The Labute approximate surface area is 111 Å². The Morgan fingerprint density at radius 1 is 1.22 bits per heavy atom. The molecule has 98 valence electrons. The lowest BCUT2D eigenvalue weighted by Gasteiger charge is -2.04. The van der Waals surface area contributed by atoms with E-state index in [1.807, 2.05) is 17.9 Å². The molecule has 0 radical (unpaired) electrons. The maximum absolute atomic E-state index is 4.47. The second-order valence-corrected chi connectivity index (χ2v) is 5.75. The highest BCUT2D eigenvalue weighted by Crippen LogP contribution is 2.27. The summed E-state index contributed by atoms with van der Waals surface area (Å²) < 4.78 is 6.16. The van der Waals surface area contributed by atoms with Crippen molar-refractivity contribution >= 4 is 22.4 Å². The summed E-state index contributed by atoms with van der Waals surface area (Å²) in [4.78, 5) is 4.47. The van der Waals surface area contributed by atoms with Crippen LogP contribution >= 0.6 is 11.5 Å². The van der Waals surface area contributed by atoms with Gasteiger partial charge in [0.25, 0.3) is 0 Å². The Morgan fingerprint density at radius 3 is 2.50 bits per heavy atom. The van der Waals surface area contributed by atoms with Crippen molar-refractivity contribution in [2.75, 3.05) is 5.32 Å². The number of nitrogens with zero attached hydrogens (tertiary/aromatic N) is 4. The van der Waals surface area contributed by atoms with Gasteiger partial charge in [0.2, 0.25) is 5.13 Å². The smallest absolute Gasteiger partial charge is 0.207 e. The lowest BCUT2D eigenvalue weighted by molar-refractivity contribution is 0.713. The molecule has 0 amide bonds. The summed E-state index contributed by atoms with van der Waals surface area (Å²) in [5, 5.41) is 8.60. The van der Waals surface area contributed by atoms with Crippen LogP contribution in [-0.4, -0.2) is 19.1 Å². The first-order chi connectivity index (χ1) is 8.47. The van der Waals surface area contributed by atoms with E-state index in [1.165, 1.54) is 11.5 Å². The van der Waals surface area contributed by atoms with Crippen molar-refractivity contribution in [3.63, 3.8) is 0 Å². The van der Waals surface area contributed by atoms with E-state index < -0.39 is 0 Å². The first kappa shape index (κ1) is 13.0. The molecule has 18 heavy (non-hydrogen) atoms. The average Bonchev–Trinajstić information content (AvgIpc) is 2.86. The van der Waals surface area contributed by atoms with Crippen LogP contribution in [0.25, 0.3) is 0 Å². The van der Waals surface area contributed by atoms with Gasteiger partial charge >= 0.3 is 0 Å². The molecule has 0 aliphatic heterocycles. The van der Waals surface area contributed by atoms with Crippen molar-refractivity contribution in [1.82, 2.24) is 19.1 Å². The highest BCUT2D eigenvalue weighted by Gasteiger charge is 2.14. The third kappa shape index (κ3) is 2.69. The normalized spacial score (nSPS) is 11.5. The van der Waals surface area contributed by atoms with E-state index in [4.69, 9.17) is 0 Å². The summed E-state index contributed by atoms with van der Waals surface area (Å²) in [7, 11) is 1.93. The Morgan fingerprint density at radius 2 is 1.94 bits per heavy atom. The summed E-state index contributed by atoms with van der Waals surface area (Å²) in [5.41, 5.74) is 2.07. The molecular weight excluding hydrogens is 246 g/mol. The minimum atomic E-state index is 0.357. The van der Waals surface area contributed by atoms with Gasteiger partial charge in [0.05, 0.1) is 11.4 Å². The summed E-state index contributed by atoms with van der Waals surface area (Å²) in [6, 6.07) is 0. The molecular formula is C12H19N5S. The summed E-state index contributed by atoms with van der Waals surface area (Å²) >= 11 is 1.39. The van der Waals surface area contributed by atoms with E-state index in [1.54, 1.807) is 0 Å². The molecule has 0 aliphatic rings. The minimum Gasteiger partial charge on any atom is -0.327 e. The Balaban J connectivity index is 2.22. The van der Waals surface area contributed by atoms with Gasteiger partial charge in [-0.2, -0.15) is 9.47 Å². The van der Waals surface area contributed by atoms with Gasteiger partial charge in [0.1, 0.15) is 5.82 Å². The molecule has 0 fully saturated rings. The predicted molar refractivity (Wildman–Crippen MR) is 74.6 cm³/mol. The van der Waals surface area contributed by atoms with Crippen molar-refractivity contribution in [3.05, 3.63) is 17.7 Å². The molecule has 2 aromatic heterocycles. The van der Waals surface area contributed by atoms with E-state index in [0.29, 0.717) is 11.8 Å². The molecule has 0 aliphatic carbocycles. The number of aryl methyl sites for hydroxylation is 1. The molecule has 5 nitrogen and oxygen atoms in total. The third-order valence-corrected chi connectivity index (χ3v) is 3.25. The van der Waals surface area contributed by atoms with Gasteiger partial charge in [0.15, 0.2) is 0 Å². The predicted octanol–water partition coefficient (Wildman–Crippen LogP) is 3.26. The first-order valence-electron chi connectivity index (χ1n) is 6.11. The summed E-state index contributed by atoms with van der Waals surface area (Å²) in [6.07, 6.45) is 1.98. The SMILES string of the molecule is CC(C)c1nsc(Nc2cn(C)nc2C(C)C)n1. The molecule has 0 aromatic carbocycles. The zero-order chi connectivity index (χ0) is 13.3. The van der Waals surface area contributed by atoms with Crippen LogP contribution in [-0.2, 0) is 7.05 Å². The van der Waals surface area contributed by atoms with Crippen LogP contribution in [0.1, 0.15) is 51.0 Å². The molecule has 2 aromatic rings. The van der Waals surface area contributed by atoms with Gasteiger partial charge < -0.3 is 5.32 Å². The van der Waals surface area contributed by atoms with Crippen molar-refractivity contribution in [1.29, 1.82) is 0 Å². The van der Waals surface area contributed by atoms with Gasteiger partial charge in [-0.15, -0.1) is 0 Å². The number of hydrogen-bond acceptors (Lipinski definition) is 5. The highest BCUT2D eigenvalue weighted by molar-refractivity contribution is 7.09. The molecule has 2 rings (SSSR count). The Hall–Kier alpha value is -1.43. The molecule has 0 saturated heterocycles. The van der Waals surface area contributed by atoms with Crippen LogP contribution < -0.4 is 5.32 Å². The zero-order valence-corrected chi connectivity index (χ0v) is 12.2. The van der Waals surface area contributed by atoms with Gasteiger partial charge in [-0.05, 0) is 5.92 Å². The molecule has 0 bridgehead atoms. The lowest BCUT2D eigenvalue weighted by atomic mass is 10.1. The monoisotopic (exact) mass is 265 g/mol. The molecule has 0 spiro atoms. The fourth-order valence-electron chi connectivity index (χ4n) is 1.66. The largest absolute Gasteiger partial charge is 0.327 e. The molecule has 0 saturated carbocycles. The number of anilines is 2. The Bertz CT molecular complexity index is 526. The van der Waals surface area contributed by atoms with Crippen LogP contribution in [0.5, 0.6) is 0 Å². The van der Waals surface area contributed by atoms with Gasteiger partial charge in [-0.3, -0.25) is 4.68 Å². The fourth-order valence-corrected chi connectivity index (χ4v) is 2.39. The van der Waals surface area contributed by atoms with E-state index in [2.05, 4.69) is 47.5 Å². The van der Waals surface area contributed by atoms with Crippen LogP contribution in [0.2, 0.25) is 0 Å². The maximum atomic E-state index is 4.47. The van der Waals surface area contributed by atoms with Crippen LogP contribution in [0.4, 0.5) is 10.8 Å². The quantitative estimate of drug-likeness (QED) is 0.922. The molecule has 1 N–H and O–H groups in total. The van der Waals surface area contributed by atoms with Gasteiger partial charge in [-0.25, -0.2) is 4.98 Å². The molecule has 0 atom stereocenters. The standard InChI is InChI=1S/C12H19N5S/c1-7(2)10-9(6-17(5)15-10)13-12-14-11(8(3)4)16-18-12/h6-8H,1-5H3,(H,13,14,16). The van der Waals surface area contributed by atoms with Gasteiger partial charge in [-0.1, -0.05) is 27.7 Å². The lowest BCUT2D eigenvalue weighted by Crippen LogP contribution is -1.97. The summed E-state index contributed by atoms with van der Waals surface area (Å²) in [6.45, 7) is 8.45. The van der Waals surface area contributed by atoms with E-state index in [9.17, 15) is 0 Å². The number of aromatic nitrogens is 4. The third-order valence-electron chi connectivity index (χ3n) is 2.60. The molecule has 2 heterocycles. The number of hydrogen-bond donors (Lipinski definition) is 1. The maximum Gasteiger partial charge on any atom is 0.207 e. The van der Waals surface area contributed by atoms with Crippen molar-refractivity contribution in [2.45, 2.75) is 39.5 Å². The fraction of sp³-hybridized carbons (Fsp3) is 0.583. The van der Waals surface area contributed by atoms with Crippen molar-refractivity contribution < 1.29 is 0 Å². The first-order valence-corrected chi connectivity index (χ1v) is 6.89. The van der Waals surface area contributed by atoms with Crippen molar-refractivity contribution in [2.24, 2.45) is 7.05 Å². The zero-order valence-electron chi connectivity index (χ0n) is 11.4. The van der Waals surface area contributed by atoms with Crippen molar-refractivity contribution in [3.8, 4) is 0 Å². The number of nitrogens with one attached hydrogen (secondary N) is 1. The van der Waals surface area contributed by atoms with Crippen LogP contribution in [0, 0.1) is 0 Å². The van der Waals surface area contributed by atoms with Crippen LogP contribution in [0.15, 0.2) is 6.20 Å². The highest BCUT2D eigenvalue weighted by atomic mass is 32.1. The topological polar surface area (TPSA) is 55.6 Å². The van der Waals surface area contributed by atoms with E-state index in [0.717, 1.165) is 22.3 Å². The second-order valence-electron chi connectivity index (χ2n) is 4.99.